The second kappa shape index (κ2) is 4.75. The van der Waals surface area contributed by atoms with E-state index in [2.05, 4.69) is 5.32 Å². The maximum absolute atomic E-state index is 12.5. The van der Waals surface area contributed by atoms with E-state index in [0.717, 1.165) is 6.42 Å². The summed E-state index contributed by atoms with van der Waals surface area (Å²) in [6.07, 6.45) is -1.39. The summed E-state index contributed by atoms with van der Waals surface area (Å²) in [5.74, 6) is 0. The van der Waals surface area contributed by atoms with Gasteiger partial charge >= 0.3 is 0 Å². The summed E-state index contributed by atoms with van der Waals surface area (Å²) in [5, 5.41) is 2.86. The van der Waals surface area contributed by atoms with Crippen LogP contribution in [0.1, 0.15) is 34.1 Å². The average Bonchev–Trinajstić information content (AvgIpc) is 1.84. The van der Waals surface area contributed by atoms with Crippen molar-refractivity contribution in [2.45, 2.75) is 46.6 Å². The Labute approximate surface area is 73.5 Å². The van der Waals surface area contributed by atoms with Crippen molar-refractivity contribution in [2.75, 3.05) is 6.54 Å². The molecule has 12 heavy (non-hydrogen) atoms. The molecule has 1 unspecified atom stereocenters. The topological polar surface area (TPSA) is 12.0 Å². The molecule has 1 nitrogen and oxygen atoms in total. The van der Waals surface area contributed by atoms with Crippen LogP contribution in [0.5, 0.6) is 0 Å². The van der Waals surface area contributed by atoms with Gasteiger partial charge in [-0.1, -0.05) is 27.7 Å². The van der Waals surface area contributed by atoms with Gasteiger partial charge in [0.25, 0.3) is 6.43 Å². The summed E-state index contributed by atoms with van der Waals surface area (Å²) in [6, 6.07) is -0.697. The number of alkyl halides is 2. The van der Waals surface area contributed by atoms with Crippen LogP contribution in [-0.2, 0) is 0 Å². The van der Waals surface area contributed by atoms with Crippen molar-refractivity contribution in [3.63, 3.8) is 0 Å². The monoisotopic (exact) mass is 179 g/mol. The lowest BCUT2D eigenvalue weighted by atomic mass is 9.87. The zero-order valence-electron chi connectivity index (χ0n) is 8.32. The predicted octanol–water partition coefficient (Wildman–Crippen LogP) is 2.67. The van der Waals surface area contributed by atoms with Crippen molar-refractivity contribution >= 4 is 0 Å². The normalized spacial score (nSPS) is 15.2. The molecule has 0 radical (unpaired) electrons. The first-order valence-corrected chi connectivity index (χ1v) is 4.41. The summed E-state index contributed by atoms with van der Waals surface area (Å²) in [5.41, 5.74) is -0.372. The van der Waals surface area contributed by atoms with Gasteiger partial charge in [-0.2, -0.15) is 0 Å². The molecule has 0 saturated heterocycles. The van der Waals surface area contributed by atoms with Gasteiger partial charge in [-0.15, -0.1) is 0 Å². The van der Waals surface area contributed by atoms with E-state index >= 15 is 0 Å². The molecule has 3 heteroatoms. The van der Waals surface area contributed by atoms with Gasteiger partial charge in [0.05, 0.1) is 6.04 Å². The van der Waals surface area contributed by atoms with Crippen molar-refractivity contribution < 1.29 is 8.78 Å². The molecule has 0 aromatic carbocycles. The lowest BCUT2D eigenvalue weighted by molar-refractivity contribution is 0.0451. The maximum Gasteiger partial charge on any atom is 0.254 e. The van der Waals surface area contributed by atoms with E-state index in [0.29, 0.717) is 6.54 Å². The summed E-state index contributed by atoms with van der Waals surface area (Å²) in [6.45, 7) is 8.11. The third-order valence-electron chi connectivity index (χ3n) is 1.80. The molecular formula is C9H19F2N. The van der Waals surface area contributed by atoms with E-state index < -0.39 is 12.5 Å². The number of rotatable bonds is 4. The largest absolute Gasteiger partial charge is 0.308 e. The number of halogens is 2. The fraction of sp³-hybridized carbons (Fsp3) is 1.00. The van der Waals surface area contributed by atoms with Crippen molar-refractivity contribution in [3.05, 3.63) is 0 Å². The second-order valence-electron chi connectivity index (χ2n) is 4.13. The van der Waals surface area contributed by atoms with Crippen LogP contribution in [0.2, 0.25) is 0 Å². The van der Waals surface area contributed by atoms with E-state index in [1.54, 1.807) is 0 Å². The fourth-order valence-electron chi connectivity index (χ4n) is 1.07. The molecule has 0 amide bonds. The van der Waals surface area contributed by atoms with E-state index in [9.17, 15) is 8.78 Å². The standard InChI is InChI=1S/C9H19F2N/c1-5-6-12-7(8(10)11)9(2,3)4/h7-8,12H,5-6H2,1-4H3. The van der Waals surface area contributed by atoms with Crippen LogP contribution in [0.4, 0.5) is 8.78 Å². The highest BCUT2D eigenvalue weighted by atomic mass is 19.3. The molecule has 0 heterocycles. The van der Waals surface area contributed by atoms with Crippen LogP contribution in [0.3, 0.4) is 0 Å². The molecule has 0 aliphatic rings. The van der Waals surface area contributed by atoms with Crippen LogP contribution < -0.4 is 5.32 Å². The lowest BCUT2D eigenvalue weighted by Gasteiger charge is -2.30. The molecule has 0 aliphatic carbocycles. The minimum Gasteiger partial charge on any atom is -0.308 e. The van der Waals surface area contributed by atoms with Crippen molar-refractivity contribution in [3.8, 4) is 0 Å². The lowest BCUT2D eigenvalue weighted by Crippen LogP contribution is -2.45. The Morgan fingerprint density at radius 1 is 1.25 bits per heavy atom. The smallest absolute Gasteiger partial charge is 0.254 e. The Hall–Kier alpha value is -0.180. The number of nitrogens with one attached hydrogen (secondary N) is 1. The number of hydrogen-bond acceptors (Lipinski definition) is 1. The van der Waals surface area contributed by atoms with E-state index in [-0.39, 0.29) is 5.41 Å². The van der Waals surface area contributed by atoms with E-state index in [4.69, 9.17) is 0 Å². The summed E-state index contributed by atoms with van der Waals surface area (Å²) in [4.78, 5) is 0. The van der Waals surface area contributed by atoms with Crippen LogP contribution in [0.15, 0.2) is 0 Å². The molecule has 0 aromatic rings. The highest BCUT2D eigenvalue weighted by molar-refractivity contribution is 4.82. The molecule has 0 fully saturated rings. The van der Waals surface area contributed by atoms with Crippen LogP contribution >= 0.6 is 0 Å². The summed E-state index contributed by atoms with van der Waals surface area (Å²) < 4.78 is 24.9. The highest BCUT2D eigenvalue weighted by Gasteiger charge is 2.31. The van der Waals surface area contributed by atoms with Gasteiger partial charge in [-0.05, 0) is 18.4 Å². The van der Waals surface area contributed by atoms with Crippen LogP contribution in [0.25, 0.3) is 0 Å². The van der Waals surface area contributed by atoms with Crippen LogP contribution in [-0.4, -0.2) is 19.0 Å². The minimum absolute atomic E-state index is 0.372. The van der Waals surface area contributed by atoms with E-state index in [1.807, 2.05) is 27.7 Å². The Morgan fingerprint density at radius 3 is 2.00 bits per heavy atom. The first-order valence-electron chi connectivity index (χ1n) is 4.41. The van der Waals surface area contributed by atoms with Gasteiger partial charge in [-0.25, -0.2) is 8.78 Å². The highest BCUT2D eigenvalue weighted by Crippen LogP contribution is 2.24. The predicted molar refractivity (Wildman–Crippen MR) is 47.5 cm³/mol. The third-order valence-corrected chi connectivity index (χ3v) is 1.80. The van der Waals surface area contributed by atoms with Gasteiger partial charge in [0.2, 0.25) is 0 Å². The number of hydrogen-bond donors (Lipinski definition) is 1. The van der Waals surface area contributed by atoms with Crippen molar-refractivity contribution in [2.24, 2.45) is 5.41 Å². The van der Waals surface area contributed by atoms with Crippen molar-refractivity contribution in [1.82, 2.24) is 5.32 Å². The van der Waals surface area contributed by atoms with E-state index in [1.165, 1.54) is 0 Å². The Kier molecular flexibility index (Phi) is 4.68. The molecule has 0 aliphatic heterocycles. The quantitative estimate of drug-likeness (QED) is 0.699. The Bertz CT molecular complexity index is 118. The summed E-state index contributed by atoms with van der Waals surface area (Å²) in [7, 11) is 0. The SMILES string of the molecule is CCCNC(C(F)F)C(C)(C)C. The summed E-state index contributed by atoms with van der Waals surface area (Å²) >= 11 is 0. The molecule has 1 N–H and O–H groups in total. The van der Waals surface area contributed by atoms with Crippen LogP contribution in [0, 0.1) is 5.41 Å². The molecule has 1 atom stereocenters. The second-order valence-corrected chi connectivity index (χ2v) is 4.13. The van der Waals surface area contributed by atoms with Gasteiger partial charge in [0.15, 0.2) is 0 Å². The molecule has 0 spiro atoms. The first-order chi connectivity index (χ1) is 5.39. The fourth-order valence-corrected chi connectivity index (χ4v) is 1.07. The minimum atomic E-state index is -2.28. The zero-order chi connectivity index (χ0) is 9.78. The zero-order valence-corrected chi connectivity index (χ0v) is 8.32. The average molecular weight is 179 g/mol. The molecule has 0 rings (SSSR count). The maximum atomic E-state index is 12.5. The Balaban J connectivity index is 4.05. The molecule has 0 aromatic heterocycles. The van der Waals surface area contributed by atoms with Crippen molar-refractivity contribution in [1.29, 1.82) is 0 Å². The molecule has 0 saturated carbocycles. The Morgan fingerprint density at radius 2 is 1.75 bits per heavy atom. The van der Waals surface area contributed by atoms with Gasteiger partial charge < -0.3 is 5.32 Å². The van der Waals surface area contributed by atoms with Gasteiger partial charge in [-0.3, -0.25) is 0 Å². The third kappa shape index (κ3) is 4.00. The first kappa shape index (κ1) is 11.8. The molecule has 74 valence electrons. The van der Waals surface area contributed by atoms with Gasteiger partial charge in [0.1, 0.15) is 0 Å². The molecular weight excluding hydrogens is 160 g/mol. The van der Waals surface area contributed by atoms with Gasteiger partial charge in [0, 0.05) is 0 Å². The molecule has 0 bridgehead atoms.